The topological polar surface area (TPSA) is 93.5 Å². The van der Waals surface area contributed by atoms with Gasteiger partial charge in [-0.3, -0.25) is 14.3 Å². The monoisotopic (exact) mass is 364 g/mol. The molecule has 1 N–H and O–H groups in total. The minimum absolute atomic E-state index is 0.0955. The summed E-state index contributed by atoms with van der Waals surface area (Å²) in [6, 6.07) is 5.74. The summed E-state index contributed by atoms with van der Waals surface area (Å²) in [6.07, 6.45) is 2.26. The van der Waals surface area contributed by atoms with E-state index in [0.717, 1.165) is 11.1 Å². The number of carbonyl (C=O) groups excluding carboxylic acids is 3. The van der Waals surface area contributed by atoms with Crippen LogP contribution in [0.2, 0.25) is 0 Å². The Kier molecular flexibility index (Phi) is 4.92. The summed E-state index contributed by atoms with van der Waals surface area (Å²) in [7, 11) is 0. The maximum absolute atomic E-state index is 12.8. The van der Waals surface area contributed by atoms with E-state index in [1.54, 1.807) is 18.2 Å². The zero-order valence-corrected chi connectivity index (χ0v) is 13.4. The van der Waals surface area contributed by atoms with Gasteiger partial charge in [0.05, 0.1) is 18.7 Å². The van der Waals surface area contributed by atoms with E-state index in [9.17, 15) is 23.2 Å². The second-order valence-electron chi connectivity index (χ2n) is 5.40. The molecule has 3 rings (SSSR count). The maximum Gasteiger partial charge on any atom is 0.338 e. The molecular weight excluding hydrogens is 350 g/mol. The van der Waals surface area contributed by atoms with Crippen LogP contribution in [-0.4, -0.2) is 38.9 Å². The van der Waals surface area contributed by atoms with Crippen molar-refractivity contribution in [3.8, 4) is 0 Å². The highest BCUT2D eigenvalue weighted by Crippen LogP contribution is 2.17. The van der Waals surface area contributed by atoms with E-state index in [1.165, 1.54) is 12.3 Å². The number of nitrogens with zero attached hydrogens (tertiary/aromatic N) is 3. The number of esters is 1. The number of imide groups is 1. The normalized spacial score (nSPS) is 14.0. The molecule has 0 unspecified atom stereocenters. The van der Waals surface area contributed by atoms with Crippen LogP contribution in [0.1, 0.15) is 28.3 Å². The largest absolute Gasteiger partial charge is 0.454 e. The summed E-state index contributed by atoms with van der Waals surface area (Å²) >= 11 is 0. The van der Waals surface area contributed by atoms with Gasteiger partial charge in [-0.25, -0.2) is 14.6 Å². The molecule has 1 aliphatic rings. The molecule has 8 nitrogen and oxygen atoms in total. The molecule has 1 fully saturated rings. The first kappa shape index (κ1) is 17.5. The third-order valence-electron chi connectivity index (χ3n) is 3.79. The molecule has 0 aliphatic carbocycles. The number of hydrogen-bond donors (Lipinski definition) is 1. The van der Waals surface area contributed by atoms with Gasteiger partial charge in [-0.1, -0.05) is 18.2 Å². The van der Waals surface area contributed by atoms with Crippen LogP contribution in [0.3, 0.4) is 0 Å². The van der Waals surface area contributed by atoms with Crippen molar-refractivity contribution in [2.24, 2.45) is 0 Å². The fourth-order valence-electron chi connectivity index (χ4n) is 2.48. The van der Waals surface area contributed by atoms with Crippen LogP contribution < -0.4 is 5.32 Å². The molecule has 0 bridgehead atoms. The van der Waals surface area contributed by atoms with Crippen LogP contribution in [0.5, 0.6) is 0 Å². The first-order valence-corrected chi connectivity index (χ1v) is 7.60. The Labute approximate surface area is 146 Å². The Hall–Kier alpha value is -3.30. The number of imidazole rings is 1. The molecule has 10 heteroatoms. The second kappa shape index (κ2) is 7.30. The Bertz CT molecular complexity index is 836. The number of halogens is 2. The Morgan fingerprint density at radius 2 is 2.08 bits per heavy atom. The Morgan fingerprint density at radius 3 is 2.77 bits per heavy atom. The van der Waals surface area contributed by atoms with Crippen molar-refractivity contribution < 1.29 is 27.9 Å². The smallest absolute Gasteiger partial charge is 0.338 e. The minimum Gasteiger partial charge on any atom is -0.454 e. The molecule has 0 spiro atoms. The SMILES string of the molecule is O=C(OCc1nccn1C(F)F)c1ccccc1CN1C(=O)CNC1=O. The fraction of sp³-hybridized carbons (Fsp3) is 0.250. The standard InChI is InChI=1S/C16H14F2N4O4/c17-15(18)21-6-5-19-12(21)9-26-14(24)11-4-2-1-3-10(11)8-22-13(23)7-20-16(22)25/h1-6,15H,7-9H2,(H,20,25). The maximum atomic E-state index is 12.8. The van der Waals surface area contributed by atoms with E-state index in [0.29, 0.717) is 10.1 Å². The predicted molar refractivity (Wildman–Crippen MR) is 83.0 cm³/mol. The molecule has 2 aromatic rings. The highest BCUT2D eigenvalue weighted by molar-refractivity contribution is 6.02. The number of nitrogens with one attached hydrogen (secondary N) is 1. The molecule has 1 aromatic carbocycles. The number of aromatic nitrogens is 2. The number of alkyl halides is 2. The van der Waals surface area contributed by atoms with Crippen LogP contribution in [0.25, 0.3) is 0 Å². The van der Waals surface area contributed by atoms with Gasteiger partial charge >= 0.3 is 18.5 Å². The van der Waals surface area contributed by atoms with Gasteiger partial charge < -0.3 is 10.1 Å². The van der Waals surface area contributed by atoms with Crippen LogP contribution >= 0.6 is 0 Å². The van der Waals surface area contributed by atoms with Crippen LogP contribution in [0, 0.1) is 0 Å². The van der Waals surface area contributed by atoms with Crippen LogP contribution in [-0.2, 0) is 22.7 Å². The average Bonchev–Trinajstić information content (AvgIpc) is 3.22. The fourth-order valence-corrected chi connectivity index (χ4v) is 2.48. The molecule has 0 saturated carbocycles. The lowest BCUT2D eigenvalue weighted by molar-refractivity contribution is -0.125. The Balaban J connectivity index is 1.72. The first-order valence-electron chi connectivity index (χ1n) is 7.60. The summed E-state index contributed by atoms with van der Waals surface area (Å²) in [5.74, 6) is -1.27. The molecule has 0 radical (unpaired) electrons. The summed E-state index contributed by atoms with van der Waals surface area (Å²) in [5.41, 5.74) is 0.537. The second-order valence-corrected chi connectivity index (χ2v) is 5.40. The lowest BCUT2D eigenvalue weighted by atomic mass is 10.1. The first-order chi connectivity index (χ1) is 12.5. The number of ether oxygens (including phenoxy) is 1. The average molecular weight is 364 g/mol. The van der Waals surface area contributed by atoms with Crippen molar-refractivity contribution in [3.05, 3.63) is 53.6 Å². The molecule has 1 aliphatic heterocycles. The molecule has 1 aromatic heterocycles. The molecular formula is C16H14F2N4O4. The third-order valence-corrected chi connectivity index (χ3v) is 3.79. The number of urea groups is 1. The van der Waals surface area contributed by atoms with Crippen molar-refractivity contribution in [1.29, 1.82) is 0 Å². The quantitative estimate of drug-likeness (QED) is 0.622. The van der Waals surface area contributed by atoms with Crippen molar-refractivity contribution in [3.63, 3.8) is 0 Å². The molecule has 2 heterocycles. The molecule has 136 valence electrons. The summed E-state index contributed by atoms with van der Waals surface area (Å²) < 4.78 is 31.2. The lowest BCUT2D eigenvalue weighted by Crippen LogP contribution is -2.31. The number of amides is 3. The van der Waals surface area contributed by atoms with Crippen LogP contribution in [0.15, 0.2) is 36.7 Å². The number of carbonyl (C=O) groups is 3. The van der Waals surface area contributed by atoms with Gasteiger partial charge in [0, 0.05) is 12.4 Å². The van der Waals surface area contributed by atoms with Gasteiger partial charge in [0.2, 0.25) is 5.91 Å². The summed E-state index contributed by atoms with van der Waals surface area (Å²) in [4.78, 5) is 40.4. The lowest BCUT2D eigenvalue weighted by Gasteiger charge is -2.15. The van der Waals surface area contributed by atoms with E-state index in [4.69, 9.17) is 4.74 Å². The van der Waals surface area contributed by atoms with E-state index >= 15 is 0 Å². The Morgan fingerprint density at radius 1 is 1.31 bits per heavy atom. The van der Waals surface area contributed by atoms with E-state index in [1.807, 2.05) is 0 Å². The van der Waals surface area contributed by atoms with Crippen molar-refractivity contribution in [1.82, 2.24) is 19.8 Å². The van der Waals surface area contributed by atoms with Gasteiger partial charge in [-0.15, -0.1) is 0 Å². The number of hydrogen-bond acceptors (Lipinski definition) is 5. The van der Waals surface area contributed by atoms with Crippen LogP contribution in [0.4, 0.5) is 13.6 Å². The van der Waals surface area contributed by atoms with Gasteiger partial charge in [0.25, 0.3) is 0 Å². The van der Waals surface area contributed by atoms with Crippen molar-refractivity contribution >= 4 is 17.9 Å². The molecule has 1 saturated heterocycles. The van der Waals surface area contributed by atoms with Gasteiger partial charge in [-0.2, -0.15) is 8.78 Å². The predicted octanol–water partition coefficient (Wildman–Crippen LogP) is 1.69. The number of benzene rings is 1. The highest BCUT2D eigenvalue weighted by atomic mass is 19.3. The zero-order valence-electron chi connectivity index (χ0n) is 13.4. The zero-order chi connectivity index (χ0) is 18.7. The summed E-state index contributed by atoms with van der Waals surface area (Å²) in [6.45, 7) is -3.42. The van der Waals surface area contributed by atoms with Gasteiger partial charge in [0.15, 0.2) is 5.82 Å². The summed E-state index contributed by atoms with van der Waals surface area (Å²) in [5, 5.41) is 2.39. The third kappa shape index (κ3) is 3.53. The van der Waals surface area contributed by atoms with E-state index in [2.05, 4.69) is 10.3 Å². The molecule has 0 atom stereocenters. The highest BCUT2D eigenvalue weighted by Gasteiger charge is 2.29. The van der Waals surface area contributed by atoms with E-state index in [-0.39, 0.29) is 24.5 Å². The minimum atomic E-state index is -2.79. The van der Waals surface area contributed by atoms with Gasteiger partial charge in [0.1, 0.15) is 6.61 Å². The van der Waals surface area contributed by atoms with E-state index < -0.39 is 31.1 Å². The van der Waals surface area contributed by atoms with Gasteiger partial charge in [-0.05, 0) is 11.6 Å². The number of rotatable bonds is 6. The van der Waals surface area contributed by atoms with Crippen molar-refractivity contribution in [2.75, 3.05) is 6.54 Å². The molecule has 3 amide bonds. The molecule has 26 heavy (non-hydrogen) atoms. The van der Waals surface area contributed by atoms with Crippen molar-refractivity contribution in [2.45, 2.75) is 19.7 Å².